The Kier molecular flexibility index (Phi) is 4.19. The van der Waals surface area contributed by atoms with Crippen molar-refractivity contribution in [2.45, 2.75) is 18.9 Å². The van der Waals surface area contributed by atoms with Crippen molar-refractivity contribution in [1.29, 1.82) is 0 Å². The van der Waals surface area contributed by atoms with Crippen LogP contribution < -0.4 is 0 Å². The molecule has 1 atom stereocenters. The van der Waals surface area contributed by atoms with Gasteiger partial charge in [0.05, 0.1) is 6.10 Å². The van der Waals surface area contributed by atoms with Crippen molar-refractivity contribution < 1.29 is 5.11 Å². The third-order valence-corrected chi connectivity index (χ3v) is 1.60. The lowest BCUT2D eigenvalue weighted by molar-refractivity contribution is 0.0846. The summed E-state index contributed by atoms with van der Waals surface area (Å²) >= 11 is 0. The smallest absolute Gasteiger partial charge is 0.0667 e. The second-order valence-corrected chi connectivity index (χ2v) is 2.56. The predicted molar refractivity (Wildman–Crippen MR) is 40.0 cm³/mol. The topological polar surface area (TPSA) is 23.5 Å². The van der Waals surface area contributed by atoms with Gasteiger partial charge < -0.3 is 10.0 Å². The highest BCUT2D eigenvalue weighted by Crippen LogP contribution is 2.06. The van der Waals surface area contributed by atoms with Crippen molar-refractivity contribution >= 4 is 12.4 Å². The number of piperidine rings is 1. The van der Waals surface area contributed by atoms with Crippen LogP contribution in [0.4, 0.5) is 0 Å². The summed E-state index contributed by atoms with van der Waals surface area (Å²) in [5, 5.41) is 9.04. The van der Waals surface area contributed by atoms with Crippen molar-refractivity contribution in [2.75, 3.05) is 20.1 Å². The molecule has 0 unspecified atom stereocenters. The van der Waals surface area contributed by atoms with Crippen molar-refractivity contribution in [3.8, 4) is 0 Å². The molecule has 2 nitrogen and oxygen atoms in total. The van der Waals surface area contributed by atoms with Crippen LogP contribution in [-0.2, 0) is 0 Å². The Hall–Kier alpha value is 0.210. The Morgan fingerprint density at radius 3 is 2.56 bits per heavy atom. The standard InChI is InChI=1S/C6H13NO.ClH/c1-7-4-2-3-6(8)5-7;/h6,8H,2-5H2,1H3;1H/t6-;/m1./s1. The molecule has 0 aromatic heterocycles. The van der Waals surface area contributed by atoms with Crippen LogP contribution in [0.3, 0.4) is 0 Å². The minimum atomic E-state index is -0.0613. The zero-order valence-electron chi connectivity index (χ0n) is 5.71. The maximum Gasteiger partial charge on any atom is 0.0667 e. The van der Waals surface area contributed by atoms with Crippen molar-refractivity contribution in [1.82, 2.24) is 4.90 Å². The Bertz CT molecular complexity index is 71.5. The maximum atomic E-state index is 9.04. The first-order chi connectivity index (χ1) is 3.79. The molecular formula is C6H14ClNO. The van der Waals surface area contributed by atoms with Crippen LogP contribution >= 0.6 is 12.4 Å². The molecule has 56 valence electrons. The number of aliphatic hydroxyl groups is 1. The van der Waals surface area contributed by atoms with Crippen molar-refractivity contribution in [3.63, 3.8) is 0 Å². The first-order valence-electron chi connectivity index (χ1n) is 3.15. The highest BCUT2D eigenvalue weighted by molar-refractivity contribution is 5.85. The minimum Gasteiger partial charge on any atom is -0.392 e. The molecule has 3 heteroatoms. The fourth-order valence-electron chi connectivity index (χ4n) is 1.14. The summed E-state index contributed by atoms with van der Waals surface area (Å²) in [7, 11) is 2.04. The van der Waals surface area contributed by atoms with Gasteiger partial charge in [-0.1, -0.05) is 0 Å². The number of β-amino-alcohol motifs (C(OH)–C–C–N with tert-alkyl or cyclic N) is 1. The van der Waals surface area contributed by atoms with E-state index in [-0.39, 0.29) is 18.5 Å². The SMILES string of the molecule is CN1CCC[C@@H](O)C1.Cl. The summed E-state index contributed by atoms with van der Waals surface area (Å²) in [6, 6.07) is 0. The normalized spacial score (nSPS) is 29.3. The van der Waals surface area contributed by atoms with Gasteiger partial charge in [0.15, 0.2) is 0 Å². The van der Waals surface area contributed by atoms with Gasteiger partial charge in [-0.25, -0.2) is 0 Å². The Balaban J connectivity index is 0.000000640. The van der Waals surface area contributed by atoms with E-state index in [9.17, 15) is 0 Å². The van der Waals surface area contributed by atoms with Gasteiger partial charge in [-0.05, 0) is 26.4 Å². The molecule has 1 rings (SSSR count). The summed E-state index contributed by atoms with van der Waals surface area (Å²) < 4.78 is 0. The molecule has 0 radical (unpaired) electrons. The lowest BCUT2D eigenvalue weighted by atomic mass is 10.1. The molecule has 0 bridgehead atoms. The lowest BCUT2D eigenvalue weighted by Crippen LogP contribution is -2.34. The van der Waals surface area contributed by atoms with E-state index in [4.69, 9.17) is 5.11 Å². The molecule has 9 heavy (non-hydrogen) atoms. The van der Waals surface area contributed by atoms with Crippen LogP contribution in [0.2, 0.25) is 0 Å². The summed E-state index contributed by atoms with van der Waals surface area (Å²) in [4.78, 5) is 2.16. The van der Waals surface area contributed by atoms with E-state index in [0.29, 0.717) is 0 Å². The van der Waals surface area contributed by atoms with Crippen molar-refractivity contribution in [3.05, 3.63) is 0 Å². The Labute approximate surface area is 62.3 Å². The van der Waals surface area contributed by atoms with Gasteiger partial charge >= 0.3 is 0 Å². The average Bonchev–Trinajstić information content (AvgIpc) is 1.64. The highest BCUT2D eigenvalue weighted by atomic mass is 35.5. The van der Waals surface area contributed by atoms with Crippen LogP contribution in [0.5, 0.6) is 0 Å². The summed E-state index contributed by atoms with van der Waals surface area (Å²) in [6.07, 6.45) is 2.08. The van der Waals surface area contributed by atoms with Gasteiger partial charge in [-0.2, -0.15) is 0 Å². The van der Waals surface area contributed by atoms with Gasteiger partial charge in [0, 0.05) is 6.54 Å². The molecule has 1 fully saturated rings. The molecule has 0 aromatic rings. The fraction of sp³-hybridized carbons (Fsp3) is 1.00. The molecule has 1 aliphatic rings. The van der Waals surface area contributed by atoms with Crippen LogP contribution in [0.1, 0.15) is 12.8 Å². The zero-order valence-corrected chi connectivity index (χ0v) is 6.52. The molecule has 1 heterocycles. The number of rotatable bonds is 0. The van der Waals surface area contributed by atoms with E-state index < -0.39 is 0 Å². The van der Waals surface area contributed by atoms with E-state index in [2.05, 4.69) is 4.90 Å². The number of hydrogen-bond donors (Lipinski definition) is 1. The lowest BCUT2D eigenvalue weighted by Gasteiger charge is -2.25. The molecule has 0 amide bonds. The number of likely N-dealkylation sites (tertiary alicyclic amines) is 1. The van der Waals surface area contributed by atoms with Crippen LogP contribution in [0, 0.1) is 0 Å². The van der Waals surface area contributed by atoms with E-state index >= 15 is 0 Å². The average molecular weight is 152 g/mol. The molecule has 0 spiro atoms. The third kappa shape index (κ3) is 3.04. The molecule has 1 aliphatic heterocycles. The van der Waals surface area contributed by atoms with Gasteiger partial charge in [0.25, 0.3) is 0 Å². The maximum absolute atomic E-state index is 9.04. The van der Waals surface area contributed by atoms with Gasteiger partial charge in [0.2, 0.25) is 0 Å². The van der Waals surface area contributed by atoms with Gasteiger partial charge in [-0.3, -0.25) is 0 Å². The quantitative estimate of drug-likeness (QED) is 0.545. The van der Waals surface area contributed by atoms with Gasteiger partial charge in [-0.15, -0.1) is 12.4 Å². The molecule has 0 aromatic carbocycles. The monoisotopic (exact) mass is 151 g/mol. The second kappa shape index (κ2) is 4.09. The summed E-state index contributed by atoms with van der Waals surface area (Å²) in [6.45, 7) is 2.01. The first kappa shape index (κ1) is 9.21. The van der Waals surface area contributed by atoms with E-state index in [1.54, 1.807) is 0 Å². The van der Waals surface area contributed by atoms with E-state index in [1.807, 2.05) is 7.05 Å². The molecule has 1 saturated heterocycles. The van der Waals surface area contributed by atoms with Crippen molar-refractivity contribution in [2.24, 2.45) is 0 Å². The van der Waals surface area contributed by atoms with E-state index in [0.717, 1.165) is 25.9 Å². The second-order valence-electron chi connectivity index (χ2n) is 2.56. The summed E-state index contributed by atoms with van der Waals surface area (Å²) in [5.41, 5.74) is 0. The van der Waals surface area contributed by atoms with E-state index in [1.165, 1.54) is 0 Å². The van der Waals surface area contributed by atoms with Crippen LogP contribution in [0.15, 0.2) is 0 Å². The number of aliphatic hydroxyl groups excluding tert-OH is 1. The molecule has 1 N–H and O–H groups in total. The Morgan fingerprint density at radius 2 is 2.22 bits per heavy atom. The molecule has 0 saturated carbocycles. The third-order valence-electron chi connectivity index (χ3n) is 1.60. The zero-order chi connectivity index (χ0) is 5.98. The fourth-order valence-corrected chi connectivity index (χ4v) is 1.14. The van der Waals surface area contributed by atoms with Crippen LogP contribution in [0.25, 0.3) is 0 Å². The summed E-state index contributed by atoms with van der Waals surface area (Å²) in [5.74, 6) is 0. The predicted octanol–water partition coefficient (Wildman–Crippen LogP) is 0.495. The molecule has 0 aliphatic carbocycles. The van der Waals surface area contributed by atoms with Crippen LogP contribution in [-0.4, -0.2) is 36.2 Å². The van der Waals surface area contributed by atoms with Gasteiger partial charge in [0.1, 0.15) is 0 Å². The minimum absolute atomic E-state index is 0. The number of nitrogens with zero attached hydrogens (tertiary/aromatic N) is 1. The first-order valence-corrected chi connectivity index (χ1v) is 3.15. The largest absolute Gasteiger partial charge is 0.392 e. The number of likely N-dealkylation sites (N-methyl/N-ethyl adjacent to an activating group) is 1. The molecular weight excluding hydrogens is 138 g/mol. The number of halogens is 1. The number of hydrogen-bond acceptors (Lipinski definition) is 2. The Morgan fingerprint density at radius 1 is 1.56 bits per heavy atom. The highest BCUT2D eigenvalue weighted by Gasteiger charge is 2.12.